The lowest BCUT2D eigenvalue weighted by Crippen LogP contribution is -2.38. The van der Waals surface area contributed by atoms with E-state index in [-0.39, 0.29) is 17.9 Å². The summed E-state index contributed by atoms with van der Waals surface area (Å²) in [5, 5.41) is 7.69. The van der Waals surface area contributed by atoms with Gasteiger partial charge in [0.15, 0.2) is 0 Å². The molecule has 2 heterocycles. The minimum atomic E-state index is -0.223. The highest BCUT2D eigenvalue weighted by atomic mass is 16.1. The van der Waals surface area contributed by atoms with E-state index in [1.807, 2.05) is 6.07 Å². The Bertz CT molecular complexity index is 667. The van der Waals surface area contributed by atoms with Crippen LogP contribution in [0, 0.1) is 5.92 Å². The number of primary amides is 1. The van der Waals surface area contributed by atoms with Gasteiger partial charge in [0, 0.05) is 17.8 Å². The highest BCUT2D eigenvalue weighted by Crippen LogP contribution is 2.26. The Hall–Kier alpha value is -2.18. The Balaban J connectivity index is 1.93. The highest BCUT2D eigenvalue weighted by molar-refractivity contribution is 5.78. The van der Waals surface area contributed by atoms with E-state index < -0.39 is 0 Å². The highest BCUT2D eigenvalue weighted by Gasteiger charge is 2.28. The fraction of sp³-hybridized carbons (Fsp3) is 0.600. The monoisotopic (exact) mass is 302 g/mol. The molecule has 0 radical (unpaired) electrons. The van der Waals surface area contributed by atoms with E-state index in [9.17, 15) is 4.79 Å². The first-order valence-corrected chi connectivity index (χ1v) is 7.94. The van der Waals surface area contributed by atoms with Gasteiger partial charge in [-0.15, -0.1) is 0 Å². The zero-order chi connectivity index (χ0) is 15.5. The third-order valence-electron chi connectivity index (χ3n) is 4.38. The molecule has 3 N–H and O–H groups in total. The smallest absolute Gasteiger partial charge is 0.254 e. The van der Waals surface area contributed by atoms with Crippen molar-refractivity contribution in [3.8, 4) is 0 Å². The van der Waals surface area contributed by atoms with E-state index in [2.05, 4.69) is 27.3 Å². The number of carbonyl (C=O) groups is 1. The molecule has 0 aromatic carbocycles. The third-order valence-corrected chi connectivity index (χ3v) is 4.38. The molecule has 7 heteroatoms. The molecule has 2 atom stereocenters. The SMILES string of the molecule is CCc1cc(NC2CCCCCC2C(N)=O)n2ncnc2n1. The van der Waals surface area contributed by atoms with Gasteiger partial charge in [0.1, 0.15) is 12.1 Å². The minimum Gasteiger partial charge on any atom is -0.369 e. The Labute approximate surface area is 129 Å². The largest absolute Gasteiger partial charge is 0.369 e. The second-order valence-corrected chi connectivity index (χ2v) is 5.86. The molecule has 0 spiro atoms. The Morgan fingerprint density at radius 3 is 3.00 bits per heavy atom. The summed E-state index contributed by atoms with van der Waals surface area (Å²) in [6.45, 7) is 2.05. The number of nitrogens with two attached hydrogens (primary N) is 1. The number of nitrogens with one attached hydrogen (secondary N) is 1. The van der Waals surface area contributed by atoms with E-state index in [4.69, 9.17) is 5.73 Å². The first-order chi connectivity index (χ1) is 10.7. The number of anilines is 1. The van der Waals surface area contributed by atoms with Crippen molar-refractivity contribution in [3.05, 3.63) is 18.1 Å². The maximum absolute atomic E-state index is 11.8. The van der Waals surface area contributed by atoms with Gasteiger partial charge in [-0.25, -0.2) is 4.98 Å². The normalized spacial score (nSPS) is 22.4. The van der Waals surface area contributed by atoms with Gasteiger partial charge in [0.2, 0.25) is 5.91 Å². The van der Waals surface area contributed by atoms with Gasteiger partial charge in [0.05, 0.1) is 5.92 Å². The Morgan fingerprint density at radius 2 is 2.23 bits per heavy atom. The van der Waals surface area contributed by atoms with E-state index in [1.54, 1.807) is 4.52 Å². The van der Waals surface area contributed by atoms with Crippen LogP contribution in [0.2, 0.25) is 0 Å². The van der Waals surface area contributed by atoms with Gasteiger partial charge in [-0.1, -0.05) is 26.2 Å². The number of fused-ring (bicyclic) bond motifs is 1. The summed E-state index contributed by atoms with van der Waals surface area (Å²) in [7, 11) is 0. The molecular formula is C15H22N6O. The lowest BCUT2D eigenvalue weighted by atomic mass is 9.94. The van der Waals surface area contributed by atoms with Crippen molar-refractivity contribution >= 4 is 17.5 Å². The van der Waals surface area contributed by atoms with Crippen molar-refractivity contribution in [2.75, 3.05) is 5.32 Å². The maximum atomic E-state index is 11.8. The fourth-order valence-corrected chi connectivity index (χ4v) is 3.16. The van der Waals surface area contributed by atoms with Crippen molar-refractivity contribution in [1.82, 2.24) is 19.6 Å². The second kappa shape index (κ2) is 6.29. The molecule has 1 aliphatic carbocycles. The summed E-state index contributed by atoms with van der Waals surface area (Å²) in [6.07, 6.45) is 7.41. The number of aryl methyl sites for hydroxylation is 1. The average molecular weight is 302 g/mol. The zero-order valence-corrected chi connectivity index (χ0v) is 12.8. The molecule has 0 saturated heterocycles. The summed E-state index contributed by atoms with van der Waals surface area (Å²) in [5.41, 5.74) is 6.55. The maximum Gasteiger partial charge on any atom is 0.254 e. The molecule has 1 saturated carbocycles. The van der Waals surface area contributed by atoms with Crippen LogP contribution in [0.15, 0.2) is 12.4 Å². The number of hydrogen-bond donors (Lipinski definition) is 2. The van der Waals surface area contributed by atoms with Gasteiger partial charge >= 0.3 is 0 Å². The first-order valence-electron chi connectivity index (χ1n) is 7.94. The number of amides is 1. The predicted molar refractivity (Wildman–Crippen MR) is 83.3 cm³/mol. The molecule has 3 rings (SSSR count). The summed E-state index contributed by atoms with van der Waals surface area (Å²) in [5.74, 6) is 1.04. The lowest BCUT2D eigenvalue weighted by molar-refractivity contribution is -0.122. The summed E-state index contributed by atoms with van der Waals surface area (Å²) in [6, 6.07) is 2.02. The predicted octanol–water partition coefficient (Wildman–Crippen LogP) is 1.53. The van der Waals surface area contributed by atoms with Crippen LogP contribution in [0.3, 0.4) is 0 Å². The van der Waals surface area contributed by atoms with E-state index in [0.29, 0.717) is 5.78 Å². The fourth-order valence-electron chi connectivity index (χ4n) is 3.16. The molecule has 7 nitrogen and oxygen atoms in total. The van der Waals surface area contributed by atoms with Crippen LogP contribution in [-0.2, 0) is 11.2 Å². The quantitative estimate of drug-likeness (QED) is 0.835. The molecule has 0 bridgehead atoms. The number of hydrogen-bond acceptors (Lipinski definition) is 5. The van der Waals surface area contributed by atoms with Crippen LogP contribution < -0.4 is 11.1 Å². The van der Waals surface area contributed by atoms with E-state index in [1.165, 1.54) is 6.33 Å². The number of rotatable bonds is 4. The van der Waals surface area contributed by atoms with Gasteiger partial charge in [-0.05, 0) is 19.3 Å². The topological polar surface area (TPSA) is 98.2 Å². The van der Waals surface area contributed by atoms with Crippen LogP contribution in [0.4, 0.5) is 5.82 Å². The molecule has 22 heavy (non-hydrogen) atoms. The van der Waals surface area contributed by atoms with E-state index in [0.717, 1.165) is 50.0 Å². The van der Waals surface area contributed by atoms with Crippen molar-refractivity contribution in [2.45, 2.75) is 51.5 Å². The van der Waals surface area contributed by atoms with Crippen LogP contribution in [-0.4, -0.2) is 31.5 Å². The molecule has 1 amide bonds. The van der Waals surface area contributed by atoms with Crippen LogP contribution in [0.5, 0.6) is 0 Å². The standard InChI is InChI=1S/C15H22N6O/c1-2-10-8-13(21-15(19-10)17-9-18-21)20-12-7-5-3-4-6-11(12)14(16)22/h8-9,11-12,20H,2-7H2,1H3,(H2,16,22). The molecule has 0 aliphatic heterocycles. The van der Waals surface area contributed by atoms with E-state index >= 15 is 0 Å². The molecule has 2 aromatic heterocycles. The van der Waals surface area contributed by atoms with Crippen molar-refractivity contribution < 1.29 is 4.79 Å². The Kier molecular flexibility index (Phi) is 4.22. The third kappa shape index (κ3) is 2.88. The molecule has 1 aliphatic rings. The first kappa shape index (κ1) is 14.7. The second-order valence-electron chi connectivity index (χ2n) is 5.86. The van der Waals surface area contributed by atoms with Crippen molar-refractivity contribution in [2.24, 2.45) is 11.7 Å². The molecule has 118 valence electrons. The van der Waals surface area contributed by atoms with Gasteiger partial charge in [-0.3, -0.25) is 4.79 Å². The number of nitrogens with zero attached hydrogens (tertiary/aromatic N) is 4. The van der Waals surface area contributed by atoms with Gasteiger partial charge in [-0.2, -0.15) is 14.6 Å². The summed E-state index contributed by atoms with van der Waals surface area (Å²) in [4.78, 5) is 20.4. The van der Waals surface area contributed by atoms with Gasteiger partial charge < -0.3 is 11.1 Å². The zero-order valence-electron chi connectivity index (χ0n) is 12.8. The molecular weight excluding hydrogens is 280 g/mol. The summed E-state index contributed by atoms with van der Waals surface area (Å²) < 4.78 is 1.68. The minimum absolute atomic E-state index is 0.0412. The molecule has 1 fully saturated rings. The van der Waals surface area contributed by atoms with Crippen molar-refractivity contribution in [1.29, 1.82) is 0 Å². The van der Waals surface area contributed by atoms with Crippen LogP contribution >= 0.6 is 0 Å². The van der Waals surface area contributed by atoms with Crippen LogP contribution in [0.1, 0.15) is 44.7 Å². The number of aromatic nitrogens is 4. The summed E-state index contributed by atoms with van der Waals surface area (Å²) >= 11 is 0. The lowest BCUT2D eigenvalue weighted by Gasteiger charge is -2.25. The molecule has 2 aromatic rings. The molecule has 2 unspecified atom stereocenters. The van der Waals surface area contributed by atoms with Crippen LogP contribution in [0.25, 0.3) is 5.78 Å². The van der Waals surface area contributed by atoms with Crippen molar-refractivity contribution in [3.63, 3.8) is 0 Å². The van der Waals surface area contributed by atoms with Gasteiger partial charge in [0.25, 0.3) is 5.78 Å². The Morgan fingerprint density at radius 1 is 1.41 bits per heavy atom. The average Bonchev–Trinajstić information content (AvgIpc) is 2.86. The number of carbonyl (C=O) groups excluding carboxylic acids is 1.